The van der Waals surface area contributed by atoms with Crippen LogP contribution in [0.2, 0.25) is 0 Å². The number of H-pyrrole nitrogens is 1. The Labute approximate surface area is 141 Å². The molecule has 1 aromatic heterocycles. The number of esters is 2. The summed E-state index contributed by atoms with van der Waals surface area (Å²) >= 11 is 0. The van der Waals surface area contributed by atoms with Crippen LogP contribution in [0.3, 0.4) is 0 Å². The summed E-state index contributed by atoms with van der Waals surface area (Å²) in [5.74, 6) is 0.124. The number of rotatable bonds is 5. The Morgan fingerprint density at radius 3 is 2.67 bits per heavy atom. The Morgan fingerprint density at radius 1 is 1.29 bits per heavy atom. The Morgan fingerprint density at radius 2 is 2.04 bits per heavy atom. The predicted molar refractivity (Wildman–Crippen MR) is 88.6 cm³/mol. The van der Waals surface area contributed by atoms with Crippen LogP contribution in [0.1, 0.15) is 50.4 Å². The maximum atomic E-state index is 12.0. The van der Waals surface area contributed by atoms with Crippen molar-refractivity contribution in [2.45, 2.75) is 46.1 Å². The van der Waals surface area contributed by atoms with E-state index in [4.69, 9.17) is 9.47 Å². The third-order valence-electron chi connectivity index (χ3n) is 4.59. The number of pyridine rings is 1. The number of hydrogen-bond donors (Lipinski definition) is 1. The molecule has 0 unspecified atom stereocenters. The highest BCUT2D eigenvalue weighted by Gasteiger charge is 2.33. The second kappa shape index (κ2) is 8.13. The molecule has 1 saturated carbocycles. The van der Waals surface area contributed by atoms with Crippen LogP contribution in [-0.4, -0.2) is 29.6 Å². The van der Waals surface area contributed by atoms with Gasteiger partial charge in [0, 0.05) is 12.3 Å². The standard InChI is InChI=1S/C18H25NO5/c1-11(2)14-6-4-12(3)8-15(14)24-17(21)10-23-18(22)13-5-7-16(20)19-9-13/h5,7,9,11-12,14-15H,4,6,8,10H2,1-3H3,(H,19,20)/t12-,14-,15-/m1/s1. The first-order chi connectivity index (χ1) is 11.4. The first-order valence-electron chi connectivity index (χ1n) is 8.42. The minimum absolute atomic E-state index is 0.118. The molecule has 6 nitrogen and oxygen atoms in total. The third kappa shape index (κ3) is 4.94. The van der Waals surface area contributed by atoms with Gasteiger partial charge in [0.05, 0.1) is 5.56 Å². The van der Waals surface area contributed by atoms with Gasteiger partial charge in [-0.05, 0) is 36.7 Å². The lowest BCUT2D eigenvalue weighted by molar-refractivity contribution is -0.159. The number of ether oxygens (including phenoxy) is 2. The van der Waals surface area contributed by atoms with Crippen LogP contribution in [-0.2, 0) is 14.3 Å². The first kappa shape index (κ1) is 18.2. The van der Waals surface area contributed by atoms with Crippen molar-refractivity contribution in [2.75, 3.05) is 6.61 Å². The van der Waals surface area contributed by atoms with Gasteiger partial charge in [-0.3, -0.25) is 4.79 Å². The Balaban J connectivity index is 1.86. The van der Waals surface area contributed by atoms with E-state index in [0.717, 1.165) is 19.3 Å². The molecule has 1 aliphatic carbocycles. The molecule has 1 heterocycles. The van der Waals surface area contributed by atoms with Crippen LogP contribution in [0, 0.1) is 17.8 Å². The number of carbonyl (C=O) groups is 2. The summed E-state index contributed by atoms with van der Waals surface area (Å²) in [4.78, 5) is 37.2. The number of aromatic amines is 1. The lowest BCUT2D eigenvalue weighted by Crippen LogP contribution is -2.36. The molecule has 0 saturated heterocycles. The second-order valence-corrected chi connectivity index (χ2v) is 6.87. The van der Waals surface area contributed by atoms with Gasteiger partial charge < -0.3 is 14.5 Å². The number of hydrogen-bond acceptors (Lipinski definition) is 5. The molecule has 0 bridgehead atoms. The molecule has 2 rings (SSSR count). The molecule has 0 radical (unpaired) electrons. The van der Waals surface area contributed by atoms with Crippen LogP contribution in [0.15, 0.2) is 23.1 Å². The van der Waals surface area contributed by atoms with Gasteiger partial charge in [-0.2, -0.15) is 0 Å². The fourth-order valence-corrected chi connectivity index (χ4v) is 3.20. The third-order valence-corrected chi connectivity index (χ3v) is 4.59. The highest BCUT2D eigenvalue weighted by Crippen LogP contribution is 2.35. The average Bonchev–Trinajstić information content (AvgIpc) is 2.53. The van der Waals surface area contributed by atoms with Gasteiger partial charge in [0.25, 0.3) is 0 Å². The molecular weight excluding hydrogens is 310 g/mol. The van der Waals surface area contributed by atoms with Crippen LogP contribution in [0.25, 0.3) is 0 Å². The largest absolute Gasteiger partial charge is 0.460 e. The van der Waals surface area contributed by atoms with Crippen molar-refractivity contribution < 1.29 is 19.1 Å². The van der Waals surface area contributed by atoms with Crippen molar-refractivity contribution in [1.82, 2.24) is 4.98 Å². The molecule has 1 fully saturated rings. The molecule has 1 aromatic rings. The Hall–Kier alpha value is -2.11. The average molecular weight is 335 g/mol. The molecule has 3 atom stereocenters. The highest BCUT2D eigenvalue weighted by molar-refractivity contribution is 5.90. The van der Waals surface area contributed by atoms with Crippen LogP contribution in [0.4, 0.5) is 0 Å². The quantitative estimate of drug-likeness (QED) is 0.836. The van der Waals surface area contributed by atoms with E-state index < -0.39 is 18.5 Å². The van der Waals surface area contributed by atoms with Crippen molar-refractivity contribution in [3.05, 3.63) is 34.2 Å². The summed E-state index contributed by atoms with van der Waals surface area (Å²) in [5.41, 5.74) is -0.120. The number of carbonyl (C=O) groups excluding carboxylic acids is 2. The predicted octanol–water partition coefficient (Wildman–Crippen LogP) is 2.54. The SMILES string of the molecule is CC(C)[C@H]1CC[C@@H](C)C[C@H]1OC(=O)COC(=O)c1ccc(=O)[nH]c1. The van der Waals surface area contributed by atoms with Gasteiger partial charge in [-0.15, -0.1) is 0 Å². The zero-order chi connectivity index (χ0) is 17.7. The van der Waals surface area contributed by atoms with Crippen molar-refractivity contribution in [2.24, 2.45) is 17.8 Å². The second-order valence-electron chi connectivity index (χ2n) is 6.87. The summed E-state index contributed by atoms with van der Waals surface area (Å²) in [6, 6.07) is 2.58. The first-order valence-corrected chi connectivity index (χ1v) is 8.42. The molecule has 0 aliphatic heterocycles. The van der Waals surface area contributed by atoms with Crippen LogP contribution in [0.5, 0.6) is 0 Å². The zero-order valence-electron chi connectivity index (χ0n) is 14.4. The molecular formula is C18H25NO5. The fourth-order valence-electron chi connectivity index (χ4n) is 3.20. The molecule has 132 valence electrons. The topological polar surface area (TPSA) is 85.5 Å². The summed E-state index contributed by atoms with van der Waals surface area (Å²) in [7, 11) is 0. The lowest BCUT2D eigenvalue weighted by atomic mass is 9.75. The zero-order valence-corrected chi connectivity index (χ0v) is 14.4. The maximum Gasteiger partial charge on any atom is 0.344 e. The Bertz CT molecular complexity index is 616. The van der Waals surface area contributed by atoms with E-state index in [1.54, 1.807) is 0 Å². The molecule has 1 aliphatic rings. The smallest absolute Gasteiger partial charge is 0.344 e. The molecule has 0 aromatic carbocycles. The minimum Gasteiger partial charge on any atom is -0.460 e. The van der Waals surface area contributed by atoms with E-state index in [1.807, 2.05) is 0 Å². The van der Waals surface area contributed by atoms with Crippen molar-refractivity contribution >= 4 is 11.9 Å². The molecule has 0 spiro atoms. The van der Waals surface area contributed by atoms with Crippen LogP contribution >= 0.6 is 0 Å². The molecule has 0 amide bonds. The molecule has 1 N–H and O–H groups in total. The summed E-state index contributed by atoms with van der Waals surface area (Å²) < 4.78 is 10.5. The summed E-state index contributed by atoms with van der Waals surface area (Å²) in [5, 5.41) is 0. The fraction of sp³-hybridized carbons (Fsp3) is 0.611. The van der Waals surface area contributed by atoms with E-state index >= 15 is 0 Å². The van der Waals surface area contributed by atoms with Gasteiger partial charge in [-0.1, -0.05) is 27.2 Å². The summed E-state index contributed by atoms with van der Waals surface area (Å²) in [6.45, 7) is 6.01. The van der Waals surface area contributed by atoms with Crippen molar-refractivity contribution in [1.29, 1.82) is 0 Å². The van der Waals surface area contributed by atoms with Gasteiger partial charge in [0.2, 0.25) is 5.56 Å². The van der Waals surface area contributed by atoms with Crippen molar-refractivity contribution in [3.63, 3.8) is 0 Å². The van der Waals surface area contributed by atoms with Gasteiger partial charge in [0.15, 0.2) is 6.61 Å². The minimum atomic E-state index is -0.666. The van der Waals surface area contributed by atoms with E-state index in [-0.39, 0.29) is 17.2 Å². The molecule has 6 heteroatoms. The monoisotopic (exact) mass is 335 g/mol. The van der Waals surface area contributed by atoms with Crippen LogP contribution < -0.4 is 5.56 Å². The van der Waals surface area contributed by atoms with E-state index in [2.05, 4.69) is 25.8 Å². The van der Waals surface area contributed by atoms with E-state index in [0.29, 0.717) is 17.8 Å². The Kier molecular flexibility index (Phi) is 6.17. The van der Waals surface area contributed by atoms with Crippen molar-refractivity contribution in [3.8, 4) is 0 Å². The van der Waals surface area contributed by atoms with Gasteiger partial charge in [0.1, 0.15) is 6.10 Å². The summed E-state index contributed by atoms with van der Waals surface area (Å²) in [6.07, 6.45) is 4.19. The maximum absolute atomic E-state index is 12.0. The van der Waals surface area contributed by atoms with E-state index in [1.165, 1.54) is 18.3 Å². The molecule has 24 heavy (non-hydrogen) atoms. The number of nitrogens with one attached hydrogen (secondary N) is 1. The number of aromatic nitrogens is 1. The van der Waals surface area contributed by atoms with Gasteiger partial charge >= 0.3 is 11.9 Å². The van der Waals surface area contributed by atoms with Gasteiger partial charge in [-0.25, -0.2) is 9.59 Å². The lowest BCUT2D eigenvalue weighted by Gasteiger charge is -2.36. The normalized spacial score (nSPS) is 23.8. The van der Waals surface area contributed by atoms with E-state index in [9.17, 15) is 14.4 Å². The highest BCUT2D eigenvalue weighted by atomic mass is 16.6.